The Labute approximate surface area is 173 Å². The molecule has 162 valence electrons. The largest absolute Gasteiger partial charge is 0.417 e. The predicted octanol–water partition coefficient (Wildman–Crippen LogP) is 4.16. The molecule has 0 atom stereocenters. The number of hydrogen-bond donors (Lipinski definition) is 0. The molecule has 0 spiro atoms. The molecule has 2 aliphatic rings. The third kappa shape index (κ3) is 5.24. The van der Waals surface area contributed by atoms with Crippen LogP contribution in [0.3, 0.4) is 0 Å². The van der Waals surface area contributed by atoms with Crippen LogP contribution in [0.1, 0.15) is 44.1 Å². The van der Waals surface area contributed by atoms with Crippen molar-refractivity contribution in [2.45, 2.75) is 49.6 Å². The maximum absolute atomic E-state index is 13.1. The molecule has 1 saturated heterocycles. The van der Waals surface area contributed by atoms with Crippen LogP contribution in [0.2, 0.25) is 5.02 Å². The van der Waals surface area contributed by atoms with Crippen LogP contribution in [0.5, 0.6) is 0 Å². The van der Waals surface area contributed by atoms with Gasteiger partial charge in [0.15, 0.2) is 0 Å². The van der Waals surface area contributed by atoms with Crippen molar-refractivity contribution in [3.05, 3.63) is 28.8 Å². The molecule has 1 aliphatic carbocycles. The summed E-state index contributed by atoms with van der Waals surface area (Å²) in [5.41, 5.74) is -1.18. The highest BCUT2D eigenvalue weighted by molar-refractivity contribution is 7.89. The van der Waals surface area contributed by atoms with Crippen molar-refractivity contribution in [2.24, 2.45) is 5.92 Å². The summed E-state index contributed by atoms with van der Waals surface area (Å²) < 4.78 is 65.9. The van der Waals surface area contributed by atoms with E-state index in [1.54, 1.807) is 4.90 Å². The van der Waals surface area contributed by atoms with E-state index < -0.39 is 31.7 Å². The molecule has 1 aromatic carbocycles. The van der Waals surface area contributed by atoms with E-state index in [0.717, 1.165) is 42.1 Å². The van der Waals surface area contributed by atoms with Crippen LogP contribution >= 0.6 is 11.6 Å². The van der Waals surface area contributed by atoms with E-state index >= 15 is 0 Å². The van der Waals surface area contributed by atoms with Crippen molar-refractivity contribution >= 4 is 27.5 Å². The summed E-state index contributed by atoms with van der Waals surface area (Å²) in [5.74, 6) is 0.424. The smallest absolute Gasteiger partial charge is 0.340 e. The highest BCUT2D eigenvalue weighted by atomic mass is 35.5. The first-order chi connectivity index (χ1) is 13.6. The average Bonchev–Trinajstić information content (AvgIpc) is 2.68. The SMILES string of the molecule is O=C(CC1CCCCC1)N1CCN(S(=O)(=O)c2ccc(Cl)c(C(F)(F)F)c2)CC1. The van der Waals surface area contributed by atoms with Gasteiger partial charge < -0.3 is 4.90 Å². The van der Waals surface area contributed by atoms with Gasteiger partial charge in [-0.15, -0.1) is 0 Å². The maximum atomic E-state index is 13.1. The van der Waals surface area contributed by atoms with Crippen LogP contribution in [0, 0.1) is 5.92 Å². The van der Waals surface area contributed by atoms with Crippen molar-refractivity contribution in [3.63, 3.8) is 0 Å². The van der Waals surface area contributed by atoms with Crippen molar-refractivity contribution in [1.82, 2.24) is 9.21 Å². The van der Waals surface area contributed by atoms with Gasteiger partial charge >= 0.3 is 6.18 Å². The van der Waals surface area contributed by atoms with Gasteiger partial charge in [-0.2, -0.15) is 17.5 Å². The van der Waals surface area contributed by atoms with Gasteiger partial charge in [0.2, 0.25) is 15.9 Å². The molecule has 1 aliphatic heterocycles. The van der Waals surface area contributed by atoms with E-state index in [1.807, 2.05) is 0 Å². The number of halogens is 4. The number of alkyl halides is 3. The number of sulfonamides is 1. The van der Waals surface area contributed by atoms with Crippen LogP contribution in [0.25, 0.3) is 0 Å². The van der Waals surface area contributed by atoms with Gasteiger partial charge in [-0.3, -0.25) is 4.79 Å². The summed E-state index contributed by atoms with van der Waals surface area (Å²) in [6, 6.07) is 2.59. The van der Waals surface area contributed by atoms with Crippen molar-refractivity contribution in [1.29, 1.82) is 0 Å². The van der Waals surface area contributed by atoms with Gasteiger partial charge in [0.1, 0.15) is 0 Å². The molecule has 3 rings (SSSR count). The summed E-state index contributed by atoms with van der Waals surface area (Å²) in [6.07, 6.45) is 1.35. The molecule has 1 saturated carbocycles. The van der Waals surface area contributed by atoms with Gasteiger partial charge in [-0.1, -0.05) is 30.9 Å². The lowest BCUT2D eigenvalue weighted by Crippen LogP contribution is -2.50. The second-order valence-electron chi connectivity index (χ2n) is 7.63. The topological polar surface area (TPSA) is 57.7 Å². The Bertz CT molecular complexity index is 847. The Morgan fingerprint density at radius 3 is 2.28 bits per heavy atom. The zero-order valence-electron chi connectivity index (χ0n) is 15.9. The summed E-state index contributed by atoms with van der Waals surface area (Å²) >= 11 is 5.58. The van der Waals surface area contributed by atoms with E-state index in [-0.39, 0.29) is 32.1 Å². The van der Waals surface area contributed by atoms with Crippen LogP contribution < -0.4 is 0 Å². The zero-order valence-corrected chi connectivity index (χ0v) is 17.5. The second kappa shape index (κ2) is 8.81. The lowest BCUT2D eigenvalue weighted by Gasteiger charge is -2.35. The molecule has 2 fully saturated rings. The molecule has 1 aromatic rings. The van der Waals surface area contributed by atoms with Crippen molar-refractivity contribution in [3.8, 4) is 0 Å². The Morgan fingerprint density at radius 2 is 1.69 bits per heavy atom. The number of carbonyl (C=O) groups is 1. The van der Waals surface area contributed by atoms with Crippen LogP contribution in [-0.4, -0.2) is 49.7 Å². The standard InChI is InChI=1S/C19H24ClF3N2O3S/c20-17-7-6-15(13-16(17)19(21,22)23)29(27,28)25-10-8-24(9-11-25)18(26)12-14-4-2-1-3-5-14/h6-7,13-14H,1-5,8-12H2. The van der Waals surface area contributed by atoms with Crippen LogP contribution in [0.4, 0.5) is 13.2 Å². The molecular weight excluding hydrogens is 429 g/mol. The molecule has 1 heterocycles. The van der Waals surface area contributed by atoms with Gasteiger partial charge in [0, 0.05) is 32.6 Å². The first-order valence-electron chi connectivity index (χ1n) is 9.73. The Hall–Kier alpha value is -1.32. The lowest BCUT2D eigenvalue weighted by atomic mass is 9.86. The fourth-order valence-electron chi connectivity index (χ4n) is 3.98. The van der Waals surface area contributed by atoms with Crippen LogP contribution in [0.15, 0.2) is 23.1 Å². The molecule has 0 bridgehead atoms. The molecule has 0 radical (unpaired) electrons. The van der Waals surface area contributed by atoms with Gasteiger partial charge in [-0.05, 0) is 37.0 Å². The first-order valence-corrected chi connectivity index (χ1v) is 11.6. The molecule has 0 aromatic heterocycles. The quantitative estimate of drug-likeness (QED) is 0.689. The van der Waals surface area contributed by atoms with E-state index in [2.05, 4.69) is 0 Å². The lowest BCUT2D eigenvalue weighted by molar-refractivity contribution is -0.137. The number of carbonyl (C=O) groups excluding carboxylic acids is 1. The summed E-state index contributed by atoms with van der Waals surface area (Å²) in [6.45, 7) is 0.598. The Morgan fingerprint density at radius 1 is 1.07 bits per heavy atom. The summed E-state index contributed by atoms with van der Waals surface area (Å²) in [5, 5.41) is -0.547. The van der Waals surface area contributed by atoms with Gasteiger partial charge in [0.25, 0.3) is 0 Å². The number of amides is 1. The number of nitrogens with zero attached hydrogens (tertiary/aromatic N) is 2. The fraction of sp³-hybridized carbons (Fsp3) is 0.632. The third-order valence-electron chi connectivity index (χ3n) is 5.66. The highest BCUT2D eigenvalue weighted by Gasteiger charge is 2.36. The van der Waals surface area contributed by atoms with Gasteiger partial charge in [0.05, 0.1) is 15.5 Å². The highest BCUT2D eigenvalue weighted by Crippen LogP contribution is 2.36. The first kappa shape index (κ1) is 22.4. The minimum atomic E-state index is -4.74. The zero-order chi connectivity index (χ0) is 21.2. The monoisotopic (exact) mass is 452 g/mol. The van der Waals surface area contributed by atoms with Crippen LogP contribution in [-0.2, 0) is 21.0 Å². The molecule has 29 heavy (non-hydrogen) atoms. The maximum Gasteiger partial charge on any atom is 0.417 e. The molecule has 5 nitrogen and oxygen atoms in total. The number of benzene rings is 1. The molecular formula is C19H24ClF3N2O3S. The van der Waals surface area contributed by atoms with Crippen molar-refractivity contribution < 1.29 is 26.4 Å². The Balaban J connectivity index is 1.64. The fourth-order valence-corrected chi connectivity index (χ4v) is 5.65. The number of hydrogen-bond acceptors (Lipinski definition) is 3. The molecule has 0 unspecified atom stereocenters. The third-order valence-corrected chi connectivity index (χ3v) is 7.88. The minimum Gasteiger partial charge on any atom is -0.340 e. The Kier molecular flexibility index (Phi) is 6.80. The van der Waals surface area contributed by atoms with E-state index in [4.69, 9.17) is 11.6 Å². The second-order valence-corrected chi connectivity index (χ2v) is 9.98. The minimum absolute atomic E-state index is 0.0276. The predicted molar refractivity (Wildman–Crippen MR) is 103 cm³/mol. The number of rotatable bonds is 4. The molecule has 1 amide bonds. The number of piperazine rings is 1. The van der Waals surface area contributed by atoms with Crippen molar-refractivity contribution in [2.75, 3.05) is 26.2 Å². The average molecular weight is 453 g/mol. The normalized spacial score (nSPS) is 20.1. The molecule has 0 N–H and O–H groups in total. The van der Waals surface area contributed by atoms with E-state index in [9.17, 15) is 26.4 Å². The van der Waals surface area contributed by atoms with Gasteiger partial charge in [-0.25, -0.2) is 8.42 Å². The molecule has 10 heteroatoms. The summed E-state index contributed by atoms with van der Waals surface area (Å²) in [4.78, 5) is 13.7. The van der Waals surface area contributed by atoms with E-state index in [1.165, 1.54) is 6.42 Å². The van der Waals surface area contributed by atoms with E-state index in [0.29, 0.717) is 18.4 Å². The summed E-state index contributed by atoms with van der Waals surface area (Å²) in [7, 11) is -4.10.